The minimum Gasteiger partial charge on any atom is -0.507 e. The molecule has 112 valence electrons. The van der Waals surface area contributed by atoms with Gasteiger partial charge in [-0.05, 0) is 24.6 Å². The Morgan fingerprint density at radius 1 is 1.10 bits per heavy atom. The molecule has 0 spiro atoms. The third-order valence-corrected chi connectivity index (χ3v) is 5.18. The molecular formula is C16H19NO3S. The lowest BCUT2D eigenvalue weighted by Crippen LogP contribution is -2.09. The standard InChI is InChI=1S/C16H19NO3S/c1-3-21(19,20)15-10-5-4-9-14(15)17-11-13-8-6-7-12(2)16(13)18/h4-10,17-18H,3,11H2,1-2H3. The molecule has 0 fully saturated rings. The van der Waals surface area contributed by atoms with Crippen molar-refractivity contribution in [3.8, 4) is 5.75 Å². The Hall–Kier alpha value is -2.01. The van der Waals surface area contributed by atoms with Gasteiger partial charge in [-0.15, -0.1) is 0 Å². The average molecular weight is 305 g/mol. The third kappa shape index (κ3) is 3.36. The van der Waals surface area contributed by atoms with Crippen LogP contribution in [0.2, 0.25) is 0 Å². The maximum atomic E-state index is 12.1. The number of sulfone groups is 1. The second-order valence-electron chi connectivity index (χ2n) is 4.84. The molecule has 0 saturated carbocycles. The Balaban J connectivity index is 2.27. The summed E-state index contributed by atoms with van der Waals surface area (Å²) in [4.78, 5) is 0.291. The van der Waals surface area contributed by atoms with Gasteiger partial charge in [-0.25, -0.2) is 8.42 Å². The fraction of sp³-hybridized carbons (Fsp3) is 0.250. The van der Waals surface area contributed by atoms with E-state index in [-0.39, 0.29) is 11.5 Å². The zero-order valence-electron chi connectivity index (χ0n) is 12.1. The van der Waals surface area contributed by atoms with Crippen molar-refractivity contribution in [1.82, 2.24) is 0 Å². The third-order valence-electron chi connectivity index (χ3n) is 3.39. The molecule has 4 nitrogen and oxygen atoms in total. The first-order valence-electron chi connectivity index (χ1n) is 6.79. The van der Waals surface area contributed by atoms with Crippen molar-refractivity contribution >= 4 is 15.5 Å². The molecule has 0 radical (unpaired) electrons. The van der Waals surface area contributed by atoms with Crippen molar-refractivity contribution in [1.29, 1.82) is 0 Å². The summed E-state index contributed by atoms with van der Waals surface area (Å²) in [6.45, 7) is 3.82. The highest BCUT2D eigenvalue weighted by atomic mass is 32.2. The second-order valence-corrected chi connectivity index (χ2v) is 7.08. The average Bonchev–Trinajstić information content (AvgIpc) is 2.49. The van der Waals surface area contributed by atoms with Crippen molar-refractivity contribution in [3.05, 3.63) is 53.6 Å². The van der Waals surface area contributed by atoms with Gasteiger partial charge in [0, 0.05) is 12.1 Å². The van der Waals surface area contributed by atoms with E-state index in [4.69, 9.17) is 0 Å². The van der Waals surface area contributed by atoms with E-state index in [1.54, 1.807) is 31.2 Å². The molecule has 0 saturated heterocycles. The maximum absolute atomic E-state index is 12.1. The molecule has 0 aliphatic rings. The van der Waals surface area contributed by atoms with Gasteiger partial charge in [-0.3, -0.25) is 0 Å². The predicted octanol–water partition coefficient (Wildman–Crippen LogP) is 3.11. The lowest BCUT2D eigenvalue weighted by Gasteiger charge is -2.13. The van der Waals surface area contributed by atoms with Crippen LogP contribution in [0.4, 0.5) is 5.69 Å². The van der Waals surface area contributed by atoms with E-state index < -0.39 is 9.84 Å². The normalized spacial score (nSPS) is 11.3. The van der Waals surface area contributed by atoms with Gasteiger partial charge in [0.2, 0.25) is 0 Å². The first kappa shape index (κ1) is 15.4. The summed E-state index contributed by atoms with van der Waals surface area (Å²) in [6.07, 6.45) is 0. The number of hydrogen-bond acceptors (Lipinski definition) is 4. The topological polar surface area (TPSA) is 66.4 Å². The van der Waals surface area contributed by atoms with Crippen LogP contribution in [0.25, 0.3) is 0 Å². The number of rotatable bonds is 5. The predicted molar refractivity (Wildman–Crippen MR) is 84.3 cm³/mol. The second kappa shape index (κ2) is 6.18. The van der Waals surface area contributed by atoms with Crippen LogP contribution in [0.15, 0.2) is 47.4 Å². The van der Waals surface area contributed by atoms with Crippen molar-refractivity contribution in [3.63, 3.8) is 0 Å². The SMILES string of the molecule is CCS(=O)(=O)c1ccccc1NCc1cccc(C)c1O. The van der Waals surface area contributed by atoms with Gasteiger partial charge in [0.15, 0.2) is 9.84 Å². The van der Waals surface area contributed by atoms with Crippen LogP contribution in [-0.4, -0.2) is 19.3 Å². The highest BCUT2D eigenvalue weighted by Gasteiger charge is 2.16. The summed E-state index contributed by atoms with van der Waals surface area (Å²) in [6, 6.07) is 12.3. The quantitative estimate of drug-likeness (QED) is 0.891. The van der Waals surface area contributed by atoms with Crippen molar-refractivity contribution in [2.45, 2.75) is 25.3 Å². The van der Waals surface area contributed by atoms with Crippen molar-refractivity contribution in [2.75, 3.05) is 11.1 Å². The molecule has 0 atom stereocenters. The Morgan fingerprint density at radius 3 is 2.52 bits per heavy atom. The van der Waals surface area contributed by atoms with Crippen molar-refractivity contribution in [2.24, 2.45) is 0 Å². The number of aryl methyl sites for hydroxylation is 1. The number of para-hydroxylation sites is 2. The first-order chi connectivity index (χ1) is 9.95. The molecule has 2 N–H and O–H groups in total. The van der Waals surface area contributed by atoms with Crippen LogP contribution >= 0.6 is 0 Å². The number of phenolic OH excluding ortho intramolecular Hbond substituents is 1. The Morgan fingerprint density at radius 2 is 1.81 bits per heavy atom. The van der Waals surface area contributed by atoms with E-state index in [1.807, 2.05) is 25.1 Å². The molecule has 0 amide bonds. The number of anilines is 1. The Labute approximate surface area is 125 Å². The Bertz CT molecular complexity index is 739. The van der Waals surface area contributed by atoms with Crippen LogP contribution in [0, 0.1) is 6.92 Å². The fourth-order valence-electron chi connectivity index (χ4n) is 2.09. The maximum Gasteiger partial charge on any atom is 0.180 e. The lowest BCUT2D eigenvalue weighted by molar-refractivity contribution is 0.465. The minimum absolute atomic E-state index is 0.0569. The van der Waals surface area contributed by atoms with E-state index >= 15 is 0 Å². The van der Waals surface area contributed by atoms with Crippen LogP contribution in [-0.2, 0) is 16.4 Å². The molecule has 0 unspecified atom stereocenters. The van der Waals surface area contributed by atoms with Crippen molar-refractivity contribution < 1.29 is 13.5 Å². The fourth-order valence-corrected chi connectivity index (χ4v) is 3.16. The monoisotopic (exact) mass is 305 g/mol. The number of benzene rings is 2. The van der Waals surface area contributed by atoms with Gasteiger partial charge < -0.3 is 10.4 Å². The van der Waals surface area contributed by atoms with Gasteiger partial charge in [0.1, 0.15) is 5.75 Å². The molecule has 2 aromatic carbocycles. The summed E-state index contributed by atoms with van der Waals surface area (Å²) in [5.41, 5.74) is 2.09. The lowest BCUT2D eigenvalue weighted by atomic mass is 10.1. The van der Waals surface area contributed by atoms with Gasteiger partial charge in [0.25, 0.3) is 0 Å². The molecule has 5 heteroatoms. The summed E-state index contributed by atoms with van der Waals surface area (Å²) < 4.78 is 24.1. The van der Waals surface area contributed by atoms with E-state index in [2.05, 4.69) is 5.32 Å². The molecule has 21 heavy (non-hydrogen) atoms. The van der Waals surface area contributed by atoms with Crippen LogP contribution in [0.1, 0.15) is 18.1 Å². The number of phenols is 1. The minimum atomic E-state index is -3.28. The number of hydrogen-bond donors (Lipinski definition) is 2. The van der Waals surface area contributed by atoms with Gasteiger partial charge in [-0.2, -0.15) is 0 Å². The Kier molecular flexibility index (Phi) is 4.53. The van der Waals surface area contributed by atoms with Crippen LogP contribution in [0.5, 0.6) is 5.75 Å². The molecular weight excluding hydrogens is 286 g/mol. The van der Waals surface area contributed by atoms with Gasteiger partial charge >= 0.3 is 0 Å². The van der Waals surface area contributed by atoms with Gasteiger partial charge in [0.05, 0.1) is 16.3 Å². The molecule has 0 aromatic heterocycles. The molecule has 2 aromatic rings. The highest BCUT2D eigenvalue weighted by Crippen LogP contribution is 2.25. The zero-order valence-corrected chi connectivity index (χ0v) is 12.9. The van der Waals surface area contributed by atoms with E-state index in [9.17, 15) is 13.5 Å². The summed E-state index contributed by atoms with van der Waals surface area (Å²) >= 11 is 0. The summed E-state index contributed by atoms with van der Waals surface area (Å²) in [5, 5.41) is 13.1. The largest absolute Gasteiger partial charge is 0.507 e. The summed E-state index contributed by atoms with van der Waals surface area (Å²) in [5.74, 6) is 0.294. The zero-order chi connectivity index (χ0) is 15.5. The molecule has 0 aliphatic heterocycles. The molecule has 0 bridgehead atoms. The number of aromatic hydroxyl groups is 1. The first-order valence-corrected chi connectivity index (χ1v) is 8.44. The van der Waals surface area contributed by atoms with E-state index in [0.717, 1.165) is 11.1 Å². The smallest absolute Gasteiger partial charge is 0.180 e. The van der Waals surface area contributed by atoms with E-state index in [1.165, 1.54) is 0 Å². The van der Waals surface area contributed by atoms with Crippen LogP contribution < -0.4 is 5.32 Å². The summed E-state index contributed by atoms with van der Waals surface area (Å²) in [7, 11) is -3.28. The molecule has 2 rings (SSSR count). The molecule has 0 aliphatic carbocycles. The number of nitrogens with one attached hydrogen (secondary N) is 1. The van der Waals surface area contributed by atoms with E-state index in [0.29, 0.717) is 17.1 Å². The molecule has 0 heterocycles. The van der Waals surface area contributed by atoms with Crippen LogP contribution in [0.3, 0.4) is 0 Å². The highest BCUT2D eigenvalue weighted by molar-refractivity contribution is 7.91. The van der Waals surface area contributed by atoms with Gasteiger partial charge in [-0.1, -0.05) is 37.3 Å².